The van der Waals surface area contributed by atoms with Crippen LogP contribution in [0.25, 0.3) is 11.3 Å². The van der Waals surface area contributed by atoms with Crippen molar-refractivity contribution in [2.75, 3.05) is 5.32 Å². The van der Waals surface area contributed by atoms with E-state index in [0.717, 1.165) is 4.90 Å². The minimum atomic E-state index is -0.992. The second-order valence-corrected chi connectivity index (χ2v) is 8.05. The molecule has 1 N–H and O–H groups in total. The van der Waals surface area contributed by atoms with Gasteiger partial charge >= 0.3 is 0 Å². The Morgan fingerprint density at radius 3 is 2.34 bits per heavy atom. The van der Waals surface area contributed by atoms with Crippen LogP contribution in [0, 0.1) is 0 Å². The van der Waals surface area contributed by atoms with E-state index in [1.165, 1.54) is 18.3 Å². The molecule has 0 saturated carbocycles. The number of nitrogens with zero attached hydrogens (tertiary/aromatic N) is 2. The van der Waals surface area contributed by atoms with Crippen LogP contribution in [-0.4, -0.2) is 33.6 Å². The van der Waals surface area contributed by atoms with Crippen LogP contribution in [0.2, 0.25) is 10.0 Å². The third-order valence-corrected chi connectivity index (χ3v) is 5.84. The summed E-state index contributed by atoms with van der Waals surface area (Å²) in [5.74, 6) is -1.48. The van der Waals surface area contributed by atoms with Crippen LogP contribution in [0.3, 0.4) is 0 Å². The fraction of sp³-hybridized carbons (Fsp3) is 0.100. The Bertz CT molecular complexity index is 1130. The highest BCUT2D eigenvalue weighted by atomic mass is 35.5. The molecule has 2 aromatic carbocycles. The van der Waals surface area contributed by atoms with Crippen LogP contribution in [0.5, 0.6) is 0 Å². The molecule has 0 bridgehead atoms. The number of amides is 3. The van der Waals surface area contributed by atoms with Gasteiger partial charge in [0.15, 0.2) is 5.13 Å². The maximum Gasteiger partial charge on any atom is 0.262 e. The highest BCUT2D eigenvalue weighted by molar-refractivity contribution is 7.14. The molecule has 146 valence electrons. The molecule has 0 aliphatic carbocycles. The highest BCUT2D eigenvalue weighted by Crippen LogP contribution is 2.32. The predicted octanol–water partition coefficient (Wildman–Crippen LogP) is 4.74. The number of carbonyl (C=O) groups excluding carboxylic acids is 3. The third kappa shape index (κ3) is 3.53. The molecule has 0 saturated heterocycles. The maximum absolute atomic E-state index is 12.7. The molecule has 1 aliphatic heterocycles. The molecule has 9 heteroatoms. The van der Waals surface area contributed by atoms with Crippen molar-refractivity contribution in [3.05, 3.63) is 69.0 Å². The molecule has 6 nitrogen and oxygen atoms in total. The highest BCUT2D eigenvalue weighted by Gasteiger charge is 2.40. The second kappa shape index (κ2) is 7.59. The molecule has 0 radical (unpaired) electrons. The van der Waals surface area contributed by atoms with Crippen LogP contribution in [0.4, 0.5) is 5.13 Å². The first-order valence-electron chi connectivity index (χ1n) is 8.55. The number of rotatable bonds is 4. The molecule has 1 aromatic heterocycles. The van der Waals surface area contributed by atoms with Crippen molar-refractivity contribution in [1.29, 1.82) is 0 Å². The van der Waals surface area contributed by atoms with E-state index in [0.29, 0.717) is 37.6 Å². The van der Waals surface area contributed by atoms with Crippen molar-refractivity contribution in [3.8, 4) is 11.3 Å². The Balaban J connectivity index is 1.51. The molecular formula is C20H13Cl2N3O3S. The summed E-state index contributed by atoms with van der Waals surface area (Å²) in [6, 6.07) is 10.6. The lowest BCUT2D eigenvalue weighted by atomic mass is 10.1. The molecule has 2 heterocycles. The summed E-state index contributed by atoms with van der Waals surface area (Å²) in [6.45, 7) is 1.50. The molecule has 3 amide bonds. The summed E-state index contributed by atoms with van der Waals surface area (Å²) in [5.41, 5.74) is 1.86. The summed E-state index contributed by atoms with van der Waals surface area (Å²) in [5, 5.41) is 5.70. The molecule has 0 unspecified atom stereocenters. The Labute approximate surface area is 180 Å². The van der Waals surface area contributed by atoms with Crippen molar-refractivity contribution >= 4 is 57.4 Å². The monoisotopic (exact) mass is 445 g/mol. The van der Waals surface area contributed by atoms with Crippen molar-refractivity contribution in [1.82, 2.24) is 9.88 Å². The van der Waals surface area contributed by atoms with Crippen molar-refractivity contribution in [3.63, 3.8) is 0 Å². The largest absolute Gasteiger partial charge is 0.300 e. The Morgan fingerprint density at radius 1 is 1.07 bits per heavy atom. The van der Waals surface area contributed by atoms with Gasteiger partial charge in [-0.25, -0.2) is 4.98 Å². The standard InChI is InChI=1S/C20H13Cl2N3O3S/c1-10(25-18(27)12-4-2-3-5-13(12)19(25)28)17(26)24-20-23-16(9-29-20)14-7-6-11(21)8-15(14)22/h2-10H,1H3,(H,23,24,26)/t10-/m0/s1. The molecule has 1 aliphatic rings. The minimum absolute atomic E-state index is 0.297. The average molecular weight is 446 g/mol. The zero-order chi connectivity index (χ0) is 20.7. The van der Waals surface area contributed by atoms with Gasteiger partial charge in [0, 0.05) is 16.0 Å². The number of hydrogen-bond acceptors (Lipinski definition) is 5. The fourth-order valence-electron chi connectivity index (χ4n) is 3.04. The smallest absolute Gasteiger partial charge is 0.262 e. The second-order valence-electron chi connectivity index (χ2n) is 6.35. The molecule has 0 spiro atoms. The summed E-state index contributed by atoms with van der Waals surface area (Å²) >= 11 is 13.3. The number of hydrogen-bond donors (Lipinski definition) is 1. The zero-order valence-corrected chi connectivity index (χ0v) is 17.3. The Morgan fingerprint density at radius 2 is 1.72 bits per heavy atom. The topological polar surface area (TPSA) is 79.4 Å². The fourth-order valence-corrected chi connectivity index (χ4v) is 4.26. The lowest BCUT2D eigenvalue weighted by Crippen LogP contribution is -2.45. The number of halogens is 2. The number of thiazole rings is 1. The predicted molar refractivity (Wildman–Crippen MR) is 113 cm³/mol. The van der Waals surface area contributed by atoms with E-state index in [9.17, 15) is 14.4 Å². The van der Waals surface area contributed by atoms with E-state index in [4.69, 9.17) is 23.2 Å². The van der Waals surface area contributed by atoms with Crippen LogP contribution in [0.15, 0.2) is 47.8 Å². The normalized spacial score (nSPS) is 14.1. The first-order chi connectivity index (χ1) is 13.9. The number of fused-ring (bicyclic) bond motifs is 1. The summed E-state index contributed by atoms with van der Waals surface area (Å²) in [6.07, 6.45) is 0. The molecule has 0 fully saturated rings. The first-order valence-corrected chi connectivity index (χ1v) is 10.2. The Kier molecular flexibility index (Phi) is 5.12. The summed E-state index contributed by atoms with van der Waals surface area (Å²) in [4.78, 5) is 43.1. The summed E-state index contributed by atoms with van der Waals surface area (Å²) < 4.78 is 0. The van der Waals surface area contributed by atoms with Crippen LogP contribution in [-0.2, 0) is 4.79 Å². The van der Waals surface area contributed by atoms with Gasteiger partial charge in [-0.1, -0.05) is 35.3 Å². The number of imide groups is 1. The summed E-state index contributed by atoms with van der Waals surface area (Å²) in [7, 11) is 0. The van der Waals surface area contributed by atoms with Crippen LogP contribution in [0.1, 0.15) is 27.6 Å². The quantitative estimate of drug-likeness (QED) is 0.588. The van der Waals surface area contributed by atoms with E-state index in [-0.39, 0.29) is 0 Å². The van der Waals surface area contributed by atoms with Gasteiger partial charge in [0.25, 0.3) is 11.8 Å². The van der Waals surface area contributed by atoms with Crippen molar-refractivity contribution in [2.45, 2.75) is 13.0 Å². The van der Waals surface area contributed by atoms with E-state index in [2.05, 4.69) is 10.3 Å². The molecule has 1 atom stereocenters. The number of carbonyl (C=O) groups is 3. The lowest BCUT2D eigenvalue weighted by molar-refractivity contribution is -0.119. The van der Waals surface area contributed by atoms with E-state index in [1.54, 1.807) is 47.8 Å². The van der Waals surface area contributed by atoms with Gasteiger partial charge in [-0.3, -0.25) is 19.3 Å². The molecule has 3 aromatic rings. The van der Waals surface area contributed by atoms with Gasteiger partial charge in [-0.15, -0.1) is 11.3 Å². The number of aromatic nitrogens is 1. The zero-order valence-electron chi connectivity index (χ0n) is 15.0. The maximum atomic E-state index is 12.7. The van der Waals surface area contributed by atoms with Gasteiger partial charge < -0.3 is 5.32 Å². The number of benzene rings is 2. The minimum Gasteiger partial charge on any atom is -0.300 e. The molecular weight excluding hydrogens is 433 g/mol. The van der Waals surface area contributed by atoms with Gasteiger partial charge in [0.1, 0.15) is 6.04 Å². The lowest BCUT2D eigenvalue weighted by Gasteiger charge is -2.21. The third-order valence-electron chi connectivity index (χ3n) is 4.53. The van der Waals surface area contributed by atoms with Crippen LogP contribution < -0.4 is 5.32 Å². The average Bonchev–Trinajstić information content (AvgIpc) is 3.25. The van der Waals surface area contributed by atoms with Crippen molar-refractivity contribution < 1.29 is 14.4 Å². The van der Waals surface area contributed by atoms with E-state index in [1.807, 2.05) is 0 Å². The van der Waals surface area contributed by atoms with Crippen LogP contribution >= 0.6 is 34.5 Å². The van der Waals surface area contributed by atoms with E-state index >= 15 is 0 Å². The molecule has 4 rings (SSSR count). The van der Waals surface area contributed by atoms with Crippen molar-refractivity contribution in [2.24, 2.45) is 0 Å². The van der Waals surface area contributed by atoms with Gasteiger partial charge in [0.2, 0.25) is 5.91 Å². The van der Waals surface area contributed by atoms with Gasteiger partial charge in [-0.2, -0.15) is 0 Å². The van der Waals surface area contributed by atoms with Gasteiger partial charge in [-0.05, 0) is 37.3 Å². The first kappa shape index (κ1) is 19.6. The van der Waals surface area contributed by atoms with E-state index < -0.39 is 23.8 Å². The van der Waals surface area contributed by atoms with Gasteiger partial charge in [0.05, 0.1) is 21.8 Å². The molecule has 29 heavy (non-hydrogen) atoms. The SMILES string of the molecule is C[C@@H](C(=O)Nc1nc(-c2ccc(Cl)cc2Cl)cs1)N1C(=O)c2ccccc2C1=O. The Hall–Kier alpha value is -2.74. The number of nitrogens with one attached hydrogen (secondary N) is 1. The number of anilines is 1.